The van der Waals surface area contributed by atoms with E-state index in [1.54, 1.807) is 17.2 Å². The van der Waals surface area contributed by atoms with Crippen LogP contribution >= 0.6 is 0 Å². The Morgan fingerprint density at radius 2 is 2.18 bits per heavy atom. The zero-order valence-corrected chi connectivity index (χ0v) is 9.76. The Morgan fingerprint density at radius 3 is 2.76 bits per heavy atom. The van der Waals surface area contributed by atoms with E-state index in [1.807, 2.05) is 18.2 Å². The van der Waals surface area contributed by atoms with Crippen LogP contribution in [-0.2, 0) is 9.57 Å². The number of hydroxylamine groups is 2. The highest BCUT2D eigenvalue weighted by molar-refractivity contribution is 5.89. The summed E-state index contributed by atoms with van der Waals surface area (Å²) in [7, 11) is 0. The summed E-state index contributed by atoms with van der Waals surface area (Å²) in [5.74, 6) is -0.295. The zero-order chi connectivity index (χ0) is 11.9. The van der Waals surface area contributed by atoms with Gasteiger partial charge in [-0.25, -0.2) is 4.79 Å². The molecule has 90 valence electrons. The lowest BCUT2D eigenvalue weighted by atomic mass is 10.1. The maximum Gasteiger partial charge on any atom is 0.357 e. The van der Waals surface area contributed by atoms with Crippen LogP contribution in [0.2, 0.25) is 0 Å². The summed E-state index contributed by atoms with van der Waals surface area (Å²) in [5, 5.41) is 1.71. The Morgan fingerprint density at radius 1 is 1.47 bits per heavy atom. The highest BCUT2D eigenvalue weighted by atomic mass is 16.7. The van der Waals surface area contributed by atoms with Crippen molar-refractivity contribution in [2.24, 2.45) is 0 Å². The predicted molar refractivity (Wildman–Crippen MR) is 61.3 cm³/mol. The van der Waals surface area contributed by atoms with Gasteiger partial charge in [0.25, 0.3) is 0 Å². The van der Waals surface area contributed by atoms with Crippen LogP contribution < -0.4 is 0 Å². The third-order valence-electron chi connectivity index (χ3n) is 3.55. The standard InChI is InChI=1S/C13H15NO3/c1-10-13(16-10)7-8-14(9-13)17-12(15)11-5-3-2-4-6-11/h2-6,10H,7-9H2,1H3. The molecule has 2 atom stereocenters. The molecule has 0 amide bonds. The van der Waals surface area contributed by atoms with Crippen molar-refractivity contribution in [2.45, 2.75) is 25.0 Å². The van der Waals surface area contributed by atoms with Crippen molar-refractivity contribution in [3.05, 3.63) is 35.9 Å². The van der Waals surface area contributed by atoms with Crippen molar-refractivity contribution >= 4 is 5.97 Å². The molecular weight excluding hydrogens is 218 g/mol. The second kappa shape index (κ2) is 3.82. The first-order valence-electron chi connectivity index (χ1n) is 5.90. The molecule has 0 radical (unpaired) electrons. The number of benzene rings is 1. The maximum absolute atomic E-state index is 11.8. The number of carbonyl (C=O) groups excluding carboxylic acids is 1. The fourth-order valence-corrected chi connectivity index (χ4v) is 2.34. The molecule has 0 aromatic heterocycles. The fourth-order valence-electron chi connectivity index (χ4n) is 2.34. The van der Waals surface area contributed by atoms with Crippen LogP contribution in [0.15, 0.2) is 30.3 Å². The van der Waals surface area contributed by atoms with Crippen LogP contribution in [0.25, 0.3) is 0 Å². The molecule has 2 aliphatic rings. The minimum Gasteiger partial charge on any atom is -0.365 e. The van der Waals surface area contributed by atoms with Gasteiger partial charge < -0.3 is 9.57 Å². The van der Waals surface area contributed by atoms with Gasteiger partial charge >= 0.3 is 5.97 Å². The van der Waals surface area contributed by atoms with E-state index in [0.29, 0.717) is 18.2 Å². The number of hydrogen-bond acceptors (Lipinski definition) is 4. The normalized spacial score (nSPS) is 31.7. The molecule has 17 heavy (non-hydrogen) atoms. The van der Waals surface area contributed by atoms with Crippen LogP contribution in [0.1, 0.15) is 23.7 Å². The number of rotatable bonds is 2. The predicted octanol–water partition coefficient (Wildman–Crippen LogP) is 1.62. The molecule has 0 saturated carbocycles. The summed E-state index contributed by atoms with van der Waals surface area (Å²) in [6.07, 6.45) is 1.24. The van der Waals surface area contributed by atoms with Gasteiger partial charge in [-0.05, 0) is 25.5 Å². The average Bonchev–Trinajstić information content (AvgIpc) is 2.78. The molecule has 2 saturated heterocycles. The SMILES string of the molecule is CC1OC12CCN(OC(=O)c1ccccc1)C2. The lowest BCUT2D eigenvalue weighted by Gasteiger charge is -2.14. The molecule has 0 N–H and O–H groups in total. The van der Waals surface area contributed by atoms with Gasteiger partial charge in [-0.3, -0.25) is 0 Å². The van der Waals surface area contributed by atoms with Crippen molar-refractivity contribution < 1.29 is 14.4 Å². The number of hydrogen-bond donors (Lipinski definition) is 0. The summed E-state index contributed by atoms with van der Waals surface area (Å²) >= 11 is 0. The van der Waals surface area contributed by atoms with E-state index in [-0.39, 0.29) is 11.6 Å². The second-order valence-electron chi connectivity index (χ2n) is 4.68. The third-order valence-corrected chi connectivity index (χ3v) is 3.55. The number of carbonyl (C=O) groups is 1. The summed E-state index contributed by atoms with van der Waals surface area (Å²) in [5.41, 5.74) is 0.537. The van der Waals surface area contributed by atoms with Gasteiger partial charge in [-0.1, -0.05) is 18.2 Å². The molecule has 1 aromatic carbocycles. The Labute approximate surface area is 100 Å². The second-order valence-corrected chi connectivity index (χ2v) is 4.68. The summed E-state index contributed by atoms with van der Waals surface area (Å²) in [6, 6.07) is 9.04. The van der Waals surface area contributed by atoms with Crippen LogP contribution in [0.5, 0.6) is 0 Å². The van der Waals surface area contributed by atoms with Crippen LogP contribution in [0.3, 0.4) is 0 Å². The molecule has 4 heteroatoms. The first kappa shape index (κ1) is 10.7. The van der Waals surface area contributed by atoms with Crippen molar-refractivity contribution in [1.29, 1.82) is 0 Å². The molecule has 1 spiro atoms. The number of ether oxygens (including phenoxy) is 1. The molecule has 0 aliphatic carbocycles. The summed E-state index contributed by atoms with van der Waals surface area (Å²) in [4.78, 5) is 17.1. The quantitative estimate of drug-likeness (QED) is 0.728. The number of nitrogens with zero attached hydrogens (tertiary/aromatic N) is 1. The molecule has 3 rings (SSSR count). The molecule has 4 nitrogen and oxygen atoms in total. The summed E-state index contributed by atoms with van der Waals surface area (Å²) < 4.78 is 5.55. The fraction of sp³-hybridized carbons (Fsp3) is 0.462. The van der Waals surface area contributed by atoms with Gasteiger partial charge in [-0.15, -0.1) is 5.06 Å². The Balaban J connectivity index is 1.60. The van der Waals surface area contributed by atoms with E-state index in [0.717, 1.165) is 13.0 Å². The average molecular weight is 233 g/mol. The van der Waals surface area contributed by atoms with E-state index in [1.165, 1.54) is 0 Å². The van der Waals surface area contributed by atoms with Crippen molar-refractivity contribution in [2.75, 3.05) is 13.1 Å². The van der Waals surface area contributed by atoms with Gasteiger partial charge in [0.2, 0.25) is 0 Å². The minimum atomic E-state index is -0.295. The molecule has 2 heterocycles. The van der Waals surface area contributed by atoms with Gasteiger partial charge in [-0.2, -0.15) is 0 Å². The zero-order valence-electron chi connectivity index (χ0n) is 9.76. The van der Waals surface area contributed by atoms with Crippen LogP contribution in [-0.4, -0.2) is 35.8 Å². The summed E-state index contributed by atoms with van der Waals surface area (Å²) in [6.45, 7) is 3.50. The maximum atomic E-state index is 11.8. The Kier molecular flexibility index (Phi) is 2.42. The van der Waals surface area contributed by atoms with Crippen molar-refractivity contribution in [3.8, 4) is 0 Å². The largest absolute Gasteiger partial charge is 0.365 e. The van der Waals surface area contributed by atoms with Gasteiger partial charge in [0.05, 0.1) is 18.2 Å². The topological polar surface area (TPSA) is 42.1 Å². The van der Waals surface area contributed by atoms with E-state index in [2.05, 4.69) is 6.92 Å². The smallest absolute Gasteiger partial charge is 0.357 e. The molecule has 1 aromatic rings. The van der Waals surface area contributed by atoms with E-state index in [9.17, 15) is 4.79 Å². The van der Waals surface area contributed by atoms with Gasteiger partial charge in [0.15, 0.2) is 0 Å². The van der Waals surface area contributed by atoms with Gasteiger partial charge in [0.1, 0.15) is 5.60 Å². The van der Waals surface area contributed by atoms with Crippen LogP contribution in [0, 0.1) is 0 Å². The first-order valence-corrected chi connectivity index (χ1v) is 5.90. The van der Waals surface area contributed by atoms with E-state index < -0.39 is 0 Å². The van der Waals surface area contributed by atoms with E-state index in [4.69, 9.17) is 9.57 Å². The molecule has 2 unspecified atom stereocenters. The monoisotopic (exact) mass is 233 g/mol. The van der Waals surface area contributed by atoms with Crippen LogP contribution in [0.4, 0.5) is 0 Å². The highest BCUT2D eigenvalue weighted by Crippen LogP contribution is 2.43. The first-order chi connectivity index (χ1) is 8.20. The highest BCUT2D eigenvalue weighted by Gasteiger charge is 2.58. The third kappa shape index (κ3) is 1.94. The van der Waals surface area contributed by atoms with Gasteiger partial charge in [0, 0.05) is 6.54 Å². The number of epoxide rings is 1. The van der Waals surface area contributed by atoms with Crippen molar-refractivity contribution in [1.82, 2.24) is 5.06 Å². The molecule has 0 bridgehead atoms. The van der Waals surface area contributed by atoms with E-state index >= 15 is 0 Å². The molecular formula is C13H15NO3. The lowest BCUT2D eigenvalue weighted by Crippen LogP contribution is -2.27. The Bertz CT molecular complexity index is 434. The van der Waals surface area contributed by atoms with Crippen molar-refractivity contribution in [3.63, 3.8) is 0 Å². The molecule has 2 fully saturated rings. The Hall–Kier alpha value is -1.39. The molecule has 2 aliphatic heterocycles. The lowest BCUT2D eigenvalue weighted by molar-refractivity contribution is -0.0960. The minimum absolute atomic E-state index is 0.0447.